The number of hydrogen-bond acceptors (Lipinski definition) is 4. The molecule has 0 unspecified atom stereocenters. The van der Waals surface area contributed by atoms with Gasteiger partial charge in [0.05, 0.1) is 12.2 Å². The van der Waals surface area contributed by atoms with E-state index in [1.165, 1.54) is 35.4 Å². The summed E-state index contributed by atoms with van der Waals surface area (Å²) in [6.07, 6.45) is -2.87. The molecule has 3 aromatic rings. The van der Waals surface area contributed by atoms with Gasteiger partial charge < -0.3 is 9.64 Å². The largest absolute Gasteiger partial charge is 0.433 e. The zero-order chi connectivity index (χ0) is 23.0. The van der Waals surface area contributed by atoms with E-state index in [0.717, 1.165) is 17.4 Å². The van der Waals surface area contributed by atoms with Crippen molar-refractivity contribution >= 4 is 11.6 Å². The van der Waals surface area contributed by atoms with Crippen LogP contribution in [0.1, 0.15) is 28.0 Å². The molecule has 0 spiro atoms. The highest BCUT2D eigenvalue weighted by atomic mass is 19.4. The second-order valence-corrected chi connectivity index (χ2v) is 7.46. The van der Waals surface area contributed by atoms with E-state index in [-0.39, 0.29) is 22.3 Å². The predicted octanol–water partition coefficient (Wildman–Crippen LogP) is 3.69. The minimum Gasteiger partial charge on any atom is -0.380 e. The number of pyridine rings is 1. The predicted molar refractivity (Wildman–Crippen MR) is 108 cm³/mol. The Kier molecular flexibility index (Phi) is 5.72. The molecule has 1 aromatic carbocycles. The Balaban J connectivity index is 1.79. The summed E-state index contributed by atoms with van der Waals surface area (Å²) in [5, 5.41) is 0. The van der Waals surface area contributed by atoms with Crippen molar-refractivity contribution < 1.29 is 27.1 Å². The molecule has 32 heavy (non-hydrogen) atoms. The van der Waals surface area contributed by atoms with E-state index in [2.05, 4.69) is 4.98 Å². The minimum absolute atomic E-state index is 0.135. The van der Waals surface area contributed by atoms with Gasteiger partial charge in [-0.05, 0) is 43.2 Å². The average Bonchev–Trinajstić information content (AvgIpc) is 3.04. The van der Waals surface area contributed by atoms with Crippen LogP contribution in [-0.2, 0) is 10.9 Å². The van der Waals surface area contributed by atoms with E-state index in [9.17, 15) is 27.2 Å². The first-order valence-electron chi connectivity index (χ1n) is 9.94. The maximum Gasteiger partial charge on any atom is 0.433 e. The summed E-state index contributed by atoms with van der Waals surface area (Å²) in [6, 6.07) is 6.70. The normalized spacial score (nSPS) is 15.1. The maximum atomic E-state index is 14.9. The van der Waals surface area contributed by atoms with Gasteiger partial charge in [0.1, 0.15) is 11.5 Å². The van der Waals surface area contributed by atoms with Crippen molar-refractivity contribution in [2.75, 3.05) is 26.3 Å². The van der Waals surface area contributed by atoms with Gasteiger partial charge in [-0.3, -0.25) is 14.0 Å². The number of alkyl halides is 3. The van der Waals surface area contributed by atoms with E-state index < -0.39 is 34.7 Å². The third kappa shape index (κ3) is 3.97. The minimum atomic E-state index is -4.82. The van der Waals surface area contributed by atoms with Gasteiger partial charge in [-0.15, -0.1) is 0 Å². The van der Waals surface area contributed by atoms with Crippen LogP contribution < -0.4 is 5.56 Å². The lowest BCUT2D eigenvalue weighted by Gasteiger charge is -2.20. The Hall–Kier alpha value is -3.27. The zero-order valence-electron chi connectivity index (χ0n) is 17.1. The smallest absolute Gasteiger partial charge is 0.380 e. The molecule has 0 N–H and O–H groups in total. The van der Waals surface area contributed by atoms with Gasteiger partial charge in [-0.25, -0.2) is 9.37 Å². The second kappa shape index (κ2) is 8.34. The molecule has 3 heterocycles. The first kappa shape index (κ1) is 21.9. The van der Waals surface area contributed by atoms with Crippen molar-refractivity contribution in [3.05, 3.63) is 69.5 Å². The molecule has 0 radical (unpaired) electrons. The van der Waals surface area contributed by atoms with E-state index in [1.807, 2.05) is 0 Å². The van der Waals surface area contributed by atoms with Gasteiger partial charge in [0, 0.05) is 37.0 Å². The van der Waals surface area contributed by atoms with Crippen LogP contribution in [0, 0.1) is 12.7 Å². The number of fused-ring (bicyclic) bond motifs is 1. The molecule has 1 aliphatic heterocycles. The lowest BCUT2D eigenvalue weighted by atomic mass is 10.0. The first-order chi connectivity index (χ1) is 15.2. The molecule has 1 aliphatic rings. The molecule has 6 nitrogen and oxygen atoms in total. The van der Waals surface area contributed by atoms with Gasteiger partial charge >= 0.3 is 6.18 Å². The van der Waals surface area contributed by atoms with E-state index in [4.69, 9.17) is 4.74 Å². The second-order valence-electron chi connectivity index (χ2n) is 7.46. The summed E-state index contributed by atoms with van der Waals surface area (Å²) in [4.78, 5) is 30.4. The highest BCUT2D eigenvalue weighted by Gasteiger charge is 2.36. The fourth-order valence-corrected chi connectivity index (χ4v) is 3.73. The molecule has 0 bridgehead atoms. The topological polar surface area (TPSA) is 63.9 Å². The summed E-state index contributed by atoms with van der Waals surface area (Å²) in [5.74, 6) is -1.30. The molecular weight excluding hydrogens is 430 g/mol. The van der Waals surface area contributed by atoms with E-state index in [0.29, 0.717) is 32.7 Å². The zero-order valence-corrected chi connectivity index (χ0v) is 17.1. The number of aromatic nitrogens is 2. The Morgan fingerprint density at radius 2 is 1.94 bits per heavy atom. The lowest BCUT2D eigenvalue weighted by molar-refractivity contribution is -0.141. The van der Waals surface area contributed by atoms with Crippen LogP contribution in [-0.4, -0.2) is 46.5 Å². The number of carbonyl (C=O) groups excluding carboxylic acids is 1. The Bertz CT molecular complexity index is 1250. The van der Waals surface area contributed by atoms with Crippen LogP contribution in [0.3, 0.4) is 0 Å². The van der Waals surface area contributed by atoms with Crippen molar-refractivity contribution in [1.82, 2.24) is 14.3 Å². The number of carbonyl (C=O) groups is 1. The van der Waals surface area contributed by atoms with E-state index >= 15 is 0 Å². The highest BCUT2D eigenvalue weighted by molar-refractivity contribution is 5.95. The Morgan fingerprint density at radius 1 is 1.16 bits per heavy atom. The monoisotopic (exact) mass is 449 g/mol. The van der Waals surface area contributed by atoms with Gasteiger partial charge in [0.15, 0.2) is 5.69 Å². The molecular formula is C22H19F4N3O3. The van der Waals surface area contributed by atoms with Crippen LogP contribution in [0.2, 0.25) is 0 Å². The number of nitrogens with zero attached hydrogens (tertiary/aromatic N) is 3. The number of halogens is 4. The molecule has 1 saturated heterocycles. The van der Waals surface area contributed by atoms with Crippen LogP contribution in [0.25, 0.3) is 16.8 Å². The van der Waals surface area contributed by atoms with Gasteiger partial charge in [0.2, 0.25) is 0 Å². The van der Waals surface area contributed by atoms with Crippen molar-refractivity contribution in [3.8, 4) is 11.1 Å². The molecule has 0 atom stereocenters. The third-order valence-corrected chi connectivity index (χ3v) is 5.37. The quantitative estimate of drug-likeness (QED) is 0.560. The number of ether oxygens (including phenoxy) is 1. The third-order valence-electron chi connectivity index (χ3n) is 5.37. The first-order valence-corrected chi connectivity index (χ1v) is 9.94. The standard InChI is InChI=1S/C22H19F4N3O3/c1-13-18(22(24,25)26)27-19-15(4-2-8-29(19)20(13)30)14-5-6-16(17(23)12-14)21(31)28-7-3-10-32-11-9-28/h2,4-6,8,12H,3,7,9-11H2,1H3. The van der Waals surface area contributed by atoms with Crippen molar-refractivity contribution in [1.29, 1.82) is 0 Å². The summed E-state index contributed by atoms with van der Waals surface area (Å²) in [7, 11) is 0. The van der Waals surface area contributed by atoms with Gasteiger partial charge in [-0.1, -0.05) is 6.07 Å². The number of benzene rings is 1. The van der Waals surface area contributed by atoms with Gasteiger partial charge in [-0.2, -0.15) is 13.2 Å². The fourth-order valence-electron chi connectivity index (χ4n) is 3.73. The van der Waals surface area contributed by atoms with Crippen molar-refractivity contribution in [3.63, 3.8) is 0 Å². The number of hydrogen-bond donors (Lipinski definition) is 0. The molecule has 1 amide bonds. The van der Waals surface area contributed by atoms with E-state index in [1.54, 1.807) is 0 Å². The SMILES string of the molecule is Cc1c(C(F)(F)F)nc2c(-c3ccc(C(=O)N4CCCOCC4)c(F)c3)cccn2c1=O. The molecule has 2 aromatic heterocycles. The van der Waals surface area contributed by atoms with Crippen LogP contribution in [0.4, 0.5) is 17.6 Å². The van der Waals surface area contributed by atoms with Crippen molar-refractivity contribution in [2.45, 2.75) is 19.5 Å². The van der Waals surface area contributed by atoms with Gasteiger partial charge in [0.25, 0.3) is 11.5 Å². The summed E-state index contributed by atoms with van der Waals surface area (Å²) in [6.45, 7) is 2.73. The molecule has 1 fully saturated rings. The van der Waals surface area contributed by atoms with Crippen LogP contribution in [0.15, 0.2) is 41.3 Å². The Morgan fingerprint density at radius 3 is 2.66 bits per heavy atom. The molecule has 0 saturated carbocycles. The Labute approximate surface area is 180 Å². The average molecular weight is 449 g/mol. The maximum absolute atomic E-state index is 14.9. The number of rotatable bonds is 2. The molecule has 10 heteroatoms. The summed E-state index contributed by atoms with van der Waals surface area (Å²) < 4.78 is 61.4. The molecule has 168 valence electrons. The van der Waals surface area contributed by atoms with Crippen LogP contribution in [0.5, 0.6) is 0 Å². The van der Waals surface area contributed by atoms with Crippen LogP contribution >= 0.6 is 0 Å². The van der Waals surface area contributed by atoms with Crippen molar-refractivity contribution in [2.24, 2.45) is 0 Å². The lowest BCUT2D eigenvalue weighted by Crippen LogP contribution is -2.33. The number of amides is 1. The molecule has 4 rings (SSSR count). The summed E-state index contributed by atoms with van der Waals surface area (Å²) >= 11 is 0. The highest BCUT2D eigenvalue weighted by Crippen LogP contribution is 2.31. The molecule has 0 aliphatic carbocycles. The fraction of sp³-hybridized carbons (Fsp3) is 0.318. The summed E-state index contributed by atoms with van der Waals surface area (Å²) in [5.41, 5.74) is -2.74.